The van der Waals surface area contributed by atoms with Crippen molar-refractivity contribution in [1.82, 2.24) is 0 Å². The molecule has 0 aliphatic carbocycles. The predicted octanol–water partition coefficient (Wildman–Crippen LogP) is 4.77. The summed E-state index contributed by atoms with van der Waals surface area (Å²) in [6.45, 7) is 0. The molecule has 0 bridgehead atoms. The van der Waals surface area contributed by atoms with Gasteiger partial charge in [0, 0.05) is 23.2 Å². The molecule has 0 saturated carbocycles. The van der Waals surface area contributed by atoms with Crippen molar-refractivity contribution in [2.24, 2.45) is 0 Å². The van der Waals surface area contributed by atoms with Crippen molar-refractivity contribution in [2.75, 3.05) is 0 Å². The van der Waals surface area contributed by atoms with Crippen molar-refractivity contribution >= 4 is 46.5 Å². The maximum absolute atomic E-state index is 12.0. The molecule has 0 amide bonds. The maximum Gasteiger partial charge on any atom is 0.345 e. The molecule has 8 heteroatoms. The summed E-state index contributed by atoms with van der Waals surface area (Å²) >= 11 is 17.5. The lowest BCUT2D eigenvalue weighted by atomic mass is 10.2. The quantitative estimate of drug-likeness (QED) is 0.347. The number of nitro groups is 1. The normalized spacial score (nSPS) is 10.2. The summed E-state index contributed by atoms with van der Waals surface area (Å²) in [7, 11) is 0. The first-order chi connectivity index (χ1) is 9.88. The molecule has 2 aromatic carbocycles. The lowest BCUT2D eigenvalue weighted by Crippen LogP contribution is -2.09. The smallest absolute Gasteiger partial charge is 0.345 e. The molecule has 0 aromatic heterocycles. The van der Waals surface area contributed by atoms with E-state index >= 15 is 0 Å². The minimum Gasteiger partial charge on any atom is -0.421 e. The Bertz CT molecular complexity index is 733. The zero-order valence-electron chi connectivity index (χ0n) is 10.2. The SMILES string of the molecule is O=C(Oc1cc(Cl)ccc1Cl)c1ccc([N+](=O)[O-])cc1Cl. The molecule has 0 atom stereocenters. The molecule has 0 unspecified atom stereocenters. The van der Waals surface area contributed by atoms with Gasteiger partial charge in [-0.1, -0.05) is 34.8 Å². The Morgan fingerprint density at radius 2 is 1.76 bits per heavy atom. The molecule has 21 heavy (non-hydrogen) atoms. The van der Waals surface area contributed by atoms with Crippen LogP contribution in [-0.4, -0.2) is 10.9 Å². The van der Waals surface area contributed by atoms with Crippen LogP contribution in [-0.2, 0) is 0 Å². The first-order valence-corrected chi connectivity index (χ1v) is 6.63. The Morgan fingerprint density at radius 1 is 1.05 bits per heavy atom. The van der Waals surface area contributed by atoms with E-state index in [2.05, 4.69) is 0 Å². The van der Waals surface area contributed by atoms with Gasteiger partial charge in [-0.05, 0) is 18.2 Å². The average molecular weight is 347 g/mol. The van der Waals surface area contributed by atoms with Gasteiger partial charge in [-0.2, -0.15) is 0 Å². The van der Waals surface area contributed by atoms with E-state index in [1.807, 2.05) is 0 Å². The number of hydrogen-bond donors (Lipinski definition) is 0. The van der Waals surface area contributed by atoms with Gasteiger partial charge in [0.05, 0.1) is 20.5 Å². The van der Waals surface area contributed by atoms with Gasteiger partial charge in [-0.25, -0.2) is 4.79 Å². The number of carbonyl (C=O) groups is 1. The van der Waals surface area contributed by atoms with Crippen molar-refractivity contribution in [1.29, 1.82) is 0 Å². The highest BCUT2D eigenvalue weighted by Crippen LogP contribution is 2.30. The summed E-state index contributed by atoms with van der Waals surface area (Å²) in [5.74, 6) is -0.720. The van der Waals surface area contributed by atoms with Gasteiger partial charge < -0.3 is 4.74 Å². The number of rotatable bonds is 3. The largest absolute Gasteiger partial charge is 0.421 e. The van der Waals surface area contributed by atoms with Gasteiger partial charge >= 0.3 is 5.97 Å². The third kappa shape index (κ3) is 3.64. The summed E-state index contributed by atoms with van der Waals surface area (Å²) in [5.41, 5.74) is -0.240. The van der Waals surface area contributed by atoms with Crippen molar-refractivity contribution < 1.29 is 14.5 Å². The van der Waals surface area contributed by atoms with Crippen LogP contribution in [0.15, 0.2) is 36.4 Å². The average Bonchev–Trinajstić information content (AvgIpc) is 2.42. The summed E-state index contributed by atoms with van der Waals surface area (Å²) in [4.78, 5) is 22.0. The molecule has 0 heterocycles. The fourth-order valence-electron chi connectivity index (χ4n) is 1.49. The molecule has 0 spiro atoms. The van der Waals surface area contributed by atoms with Gasteiger partial charge in [-0.15, -0.1) is 0 Å². The van der Waals surface area contributed by atoms with E-state index < -0.39 is 10.9 Å². The topological polar surface area (TPSA) is 69.4 Å². The van der Waals surface area contributed by atoms with Crippen LogP contribution in [0, 0.1) is 10.1 Å². The highest BCUT2D eigenvalue weighted by Gasteiger charge is 2.18. The molecule has 2 aromatic rings. The number of halogens is 3. The number of esters is 1. The van der Waals surface area contributed by atoms with E-state index in [1.54, 1.807) is 6.07 Å². The molecular weight excluding hydrogens is 341 g/mol. The van der Waals surface area contributed by atoms with E-state index in [-0.39, 0.29) is 27.0 Å². The Labute approximate surface area is 134 Å². The van der Waals surface area contributed by atoms with Crippen molar-refractivity contribution in [3.05, 3.63) is 67.1 Å². The second-order valence-electron chi connectivity index (χ2n) is 3.89. The zero-order chi connectivity index (χ0) is 15.6. The van der Waals surface area contributed by atoms with Gasteiger partial charge in [0.25, 0.3) is 5.69 Å². The number of hydrogen-bond acceptors (Lipinski definition) is 4. The van der Waals surface area contributed by atoms with Crippen LogP contribution >= 0.6 is 34.8 Å². The van der Waals surface area contributed by atoms with E-state index in [9.17, 15) is 14.9 Å². The monoisotopic (exact) mass is 345 g/mol. The lowest BCUT2D eigenvalue weighted by molar-refractivity contribution is -0.384. The molecule has 108 valence electrons. The highest BCUT2D eigenvalue weighted by atomic mass is 35.5. The summed E-state index contributed by atoms with van der Waals surface area (Å²) < 4.78 is 5.08. The second kappa shape index (κ2) is 6.30. The van der Waals surface area contributed by atoms with Crippen LogP contribution < -0.4 is 4.74 Å². The molecule has 0 aliphatic heterocycles. The fraction of sp³-hybridized carbons (Fsp3) is 0. The van der Waals surface area contributed by atoms with Crippen LogP contribution in [0.25, 0.3) is 0 Å². The van der Waals surface area contributed by atoms with E-state index in [0.29, 0.717) is 5.02 Å². The van der Waals surface area contributed by atoms with E-state index in [0.717, 1.165) is 12.1 Å². The molecule has 0 aliphatic rings. The molecule has 0 radical (unpaired) electrons. The first kappa shape index (κ1) is 15.6. The molecule has 5 nitrogen and oxygen atoms in total. The minimum atomic E-state index is -0.793. The van der Waals surface area contributed by atoms with Crippen LogP contribution in [0.5, 0.6) is 5.75 Å². The van der Waals surface area contributed by atoms with Gasteiger partial charge in [0.1, 0.15) is 0 Å². The van der Waals surface area contributed by atoms with Gasteiger partial charge in [0.15, 0.2) is 5.75 Å². The lowest BCUT2D eigenvalue weighted by Gasteiger charge is -2.07. The third-order valence-corrected chi connectivity index (χ3v) is 3.34. The Morgan fingerprint density at radius 3 is 2.38 bits per heavy atom. The number of nitrogens with zero attached hydrogens (tertiary/aromatic N) is 1. The summed E-state index contributed by atoms with van der Waals surface area (Å²) in [6, 6.07) is 7.83. The summed E-state index contributed by atoms with van der Waals surface area (Å²) in [6.07, 6.45) is 0. The second-order valence-corrected chi connectivity index (χ2v) is 5.14. The standard InChI is InChI=1S/C13H6Cl3NO4/c14-7-1-4-10(15)12(5-7)21-13(18)9-3-2-8(17(19)20)6-11(9)16/h1-6H. The van der Waals surface area contributed by atoms with Crippen LogP contribution in [0.3, 0.4) is 0 Å². The van der Waals surface area contributed by atoms with E-state index in [4.69, 9.17) is 39.5 Å². The van der Waals surface area contributed by atoms with Gasteiger partial charge in [0.2, 0.25) is 0 Å². The Hall–Kier alpha value is -1.82. The number of benzene rings is 2. The number of nitro benzene ring substituents is 1. The number of non-ortho nitro benzene ring substituents is 1. The molecule has 0 fully saturated rings. The van der Waals surface area contributed by atoms with Crippen LogP contribution in [0.2, 0.25) is 15.1 Å². The first-order valence-electron chi connectivity index (χ1n) is 5.49. The Kier molecular flexibility index (Phi) is 4.67. The van der Waals surface area contributed by atoms with Crippen molar-refractivity contribution in [3.63, 3.8) is 0 Å². The minimum absolute atomic E-state index is 0.0155. The van der Waals surface area contributed by atoms with Crippen molar-refractivity contribution in [2.45, 2.75) is 0 Å². The van der Waals surface area contributed by atoms with Crippen molar-refractivity contribution in [3.8, 4) is 5.75 Å². The number of ether oxygens (including phenoxy) is 1. The Balaban J connectivity index is 2.28. The van der Waals surface area contributed by atoms with Crippen LogP contribution in [0.1, 0.15) is 10.4 Å². The molecular formula is C13H6Cl3NO4. The van der Waals surface area contributed by atoms with Crippen LogP contribution in [0.4, 0.5) is 5.69 Å². The zero-order valence-corrected chi connectivity index (χ0v) is 12.4. The van der Waals surface area contributed by atoms with E-state index in [1.165, 1.54) is 18.2 Å². The van der Waals surface area contributed by atoms with Gasteiger partial charge in [-0.3, -0.25) is 10.1 Å². The fourth-order valence-corrected chi connectivity index (χ4v) is 2.06. The molecule has 2 rings (SSSR count). The summed E-state index contributed by atoms with van der Waals surface area (Å²) in [5, 5.41) is 11.1. The molecule has 0 saturated heterocycles. The number of carbonyl (C=O) groups excluding carboxylic acids is 1. The highest BCUT2D eigenvalue weighted by molar-refractivity contribution is 6.35. The molecule has 0 N–H and O–H groups in total. The third-order valence-electron chi connectivity index (χ3n) is 2.48. The maximum atomic E-state index is 12.0. The predicted molar refractivity (Wildman–Crippen MR) is 79.5 cm³/mol.